The number of hydrogen-bond acceptors (Lipinski definition) is 6. The number of methoxy groups -OCH3 is 1. The number of hydrogen-bond donors (Lipinski definition) is 2. The second-order valence-electron chi connectivity index (χ2n) is 7.63. The quantitative estimate of drug-likeness (QED) is 0.229. The molecule has 2 aromatic heterocycles. The lowest BCUT2D eigenvalue weighted by Gasteiger charge is -2.09. The largest absolute Gasteiger partial charge is 0.497 e. The molecular weight excluding hydrogens is 521 g/mol. The number of ether oxygens (including phenoxy) is 1. The SMILES string of the molecule is COc1ccc2oc(-c3ccc(NC(=S)NC(=O)c4ccc(-c5cc(Cl)ccc5Cl)o4)cc3)nc2c1. The summed E-state index contributed by atoms with van der Waals surface area (Å²) in [6, 6.07) is 20.9. The Labute approximate surface area is 221 Å². The van der Waals surface area contributed by atoms with Crippen LogP contribution in [0.15, 0.2) is 81.6 Å². The molecule has 3 aromatic carbocycles. The smallest absolute Gasteiger partial charge is 0.293 e. The van der Waals surface area contributed by atoms with Gasteiger partial charge in [-0.3, -0.25) is 10.1 Å². The third kappa shape index (κ3) is 5.06. The van der Waals surface area contributed by atoms with E-state index in [1.807, 2.05) is 30.3 Å². The van der Waals surface area contributed by atoms with Crippen molar-refractivity contribution in [2.75, 3.05) is 12.4 Å². The number of nitrogens with one attached hydrogen (secondary N) is 2. The van der Waals surface area contributed by atoms with E-state index >= 15 is 0 Å². The molecular formula is C26H17Cl2N3O4S. The van der Waals surface area contributed by atoms with Crippen LogP contribution in [0.5, 0.6) is 5.75 Å². The van der Waals surface area contributed by atoms with E-state index < -0.39 is 5.91 Å². The van der Waals surface area contributed by atoms with Crippen molar-refractivity contribution in [3.8, 4) is 28.5 Å². The van der Waals surface area contributed by atoms with E-state index in [9.17, 15) is 4.79 Å². The van der Waals surface area contributed by atoms with Gasteiger partial charge in [0, 0.05) is 27.9 Å². The standard InChI is InChI=1S/C26H17Cl2N3O4S/c1-33-17-7-9-22-20(13-17)30-25(35-22)14-2-5-16(6-3-14)29-26(36)31-24(32)23-11-10-21(34-23)18-12-15(27)4-8-19(18)28/h2-13H,1H3,(H2,29,31,32,36). The summed E-state index contributed by atoms with van der Waals surface area (Å²) in [6.45, 7) is 0. The summed E-state index contributed by atoms with van der Waals surface area (Å²) in [5.41, 5.74) is 3.41. The lowest BCUT2D eigenvalue weighted by Crippen LogP contribution is -2.33. The summed E-state index contributed by atoms with van der Waals surface area (Å²) in [5, 5.41) is 6.64. The number of carbonyl (C=O) groups is 1. The van der Waals surface area contributed by atoms with Gasteiger partial charge in [-0.05, 0) is 78.9 Å². The van der Waals surface area contributed by atoms with Gasteiger partial charge in [0.15, 0.2) is 16.5 Å². The summed E-state index contributed by atoms with van der Waals surface area (Å²) < 4.78 is 16.7. The summed E-state index contributed by atoms with van der Waals surface area (Å²) in [6.07, 6.45) is 0. The highest BCUT2D eigenvalue weighted by Crippen LogP contribution is 2.32. The van der Waals surface area contributed by atoms with Crippen molar-refractivity contribution < 1.29 is 18.4 Å². The van der Waals surface area contributed by atoms with E-state index in [1.54, 1.807) is 43.5 Å². The first kappa shape index (κ1) is 23.9. The molecule has 0 atom stereocenters. The number of carbonyl (C=O) groups excluding carboxylic acids is 1. The molecule has 180 valence electrons. The van der Waals surface area contributed by atoms with Gasteiger partial charge < -0.3 is 18.9 Å². The fourth-order valence-electron chi connectivity index (χ4n) is 3.47. The zero-order valence-electron chi connectivity index (χ0n) is 18.7. The van der Waals surface area contributed by atoms with E-state index in [2.05, 4.69) is 15.6 Å². The van der Waals surface area contributed by atoms with Crippen molar-refractivity contribution >= 4 is 63.2 Å². The first-order valence-electron chi connectivity index (χ1n) is 10.6. The van der Waals surface area contributed by atoms with Crippen molar-refractivity contribution in [3.63, 3.8) is 0 Å². The number of thiocarbonyl (C=S) groups is 1. The van der Waals surface area contributed by atoms with Crippen LogP contribution in [0.25, 0.3) is 33.9 Å². The number of rotatable bonds is 5. The van der Waals surface area contributed by atoms with Gasteiger partial charge in [-0.15, -0.1) is 0 Å². The summed E-state index contributed by atoms with van der Waals surface area (Å²) >= 11 is 17.5. The molecule has 5 rings (SSSR count). The number of oxazole rings is 1. The number of fused-ring (bicyclic) bond motifs is 1. The molecule has 5 aromatic rings. The number of furan rings is 1. The van der Waals surface area contributed by atoms with E-state index in [1.165, 1.54) is 6.07 Å². The maximum atomic E-state index is 12.6. The van der Waals surface area contributed by atoms with E-state index in [-0.39, 0.29) is 10.9 Å². The number of anilines is 1. The maximum Gasteiger partial charge on any atom is 0.293 e. The van der Waals surface area contributed by atoms with Gasteiger partial charge in [-0.25, -0.2) is 4.98 Å². The van der Waals surface area contributed by atoms with Crippen LogP contribution in [-0.4, -0.2) is 23.1 Å². The van der Waals surface area contributed by atoms with E-state index in [4.69, 9.17) is 49.0 Å². The minimum atomic E-state index is -0.504. The van der Waals surface area contributed by atoms with Gasteiger partial charge in [0.25, 0.3) is 5.91 Å². The average molecular weight is 538 g/mol. The van der Waals surface area contributed by atoms with Crippen LogP contribution in [0.4, 0.5) is 5.69 Å². The Balaban J connectivity index is 1.23. The topological polar surface area (TPSA) is 89.5 Å². The minimum Gasteiger partial charge on any atom is -0.497 e. The van der Waals surface area contributed by atoms with E-state index in [0.29, 0.717) is 49.8 Å². The monoisotopic (exact) mass is 537 g/mol. The Morgan fingerprint density at radius 3 is 2.56 bits per heavy atom. The van der Waals surface area contributed by atoms with Gasteiger partial charge in [0.2, 0.25) is 5.89 Å². The molecule has 0 saturated heterocycles. The zero-order chi connectivity index (χ0) is 25.2. The fourth-order valence-corrected chi connectivity index (χ4v) is 4.07. The second-order valence-corrected chi connectivity index (χ2v) is 8.88. The highest BCUT2D eigenvalue weighted by molar-refractivity contribution is 7.80. The third-order valence-corrected chi connectivity index (χ3v) is 6.00. The number of aromatic nitrogens is 1. The van der Waals surface area contributed by atoms with Crippen LogP contribution in [0, 0.1) is 0 Å². The van der Waals surface area contributed by atoms with Crippen LogP contribution in [0.2, 0.25) is 10.0 Å². The van der Waals surface area contributed by atoms with Crippen molar-refractivity contribution in [1.29, 1.82) is 0 Å². The van der Waals surface area contributed by atoms with Gasteiger partial charge in [-0.2, -0.15) is 0 Å². The van der Waals surface area contributed by atoms with Crippen molar-refractivity contribution in [2.45, 2.75) is 0 Å². The Kier molecular flexibility index (Phi) is 6.65. The van der Waals surface area contributed by atoms with Crippen molar-refractivity contribution in [3.05, 3.63) is 88.6 Å². The first-order valence-corrected chi connectivity index (χ1v) is 11.8. The van der Waals surface area contributed by atoms with Crippen LogP contribution >= 0.6 is 35.4 Å². The van der Waals surface area contributed by atoms with Gasteiger partial charge in [0.05, 0.1) is 12.1 Å². The lowest BCUT2D eigenvalue weighted by molar-refractivity contribution is 0.0951. The molecule has 0 unspecified atom stereocenters. The maximum absolute atomic E-state index is 12.6. The molecule has 0 bridgehead atoms. The highest BCUT2D eigenvalue weighted by Gasteiger charge is 2.16. The Bertz CT molecular complexity index is 1590. The molecule has 2 heterocycles. The lowest BCUT2D eigenvalue weighted by atomic mass is 10.2. The van der Waals surface area contributed by atoms with Gasteiger partial charge >= 0.3 is 0 Å². The molecule has 1 amide bonds. The summed E-state index contributed by atoms with van der Waals surface area (Å²) in [7, 11) is 1.60. The molecule has 0 radical (unpaired) electrons. The fraction of sp³-hybridized carbons (Fsp3) is 0.0385. The molecule has 0 fully saturated rings. The molecule has 0 aliphatic carbocycles. The molecule has 0 spiro atoms. The first-order chi connectivity index (χ1) is 17.4. The van der Waals surface area contributed by atoms with E-state index in [0.717, 1.165) is 5.56 Å². The average Bonchev–Trinajstić information content (AvgIpc) is 3.53. The summed E-state index contributed by atoms with van der Waals surface area (Å²) in [4.78, 5) is 17.1. The van der Waals surface area contributed by atoms with Crippen molar-refractivity contribution in [2.24, 2.45) is 0 Å². The van der Waals surface area contributed by atoms with Gasteiger partial charge in [0.1, 0.15) is 17.0 Å². The molecule has 0 saturated carbocycles. The second kappa shape index (κ2) is 10.0. The minimum absolute atomic E-state index is 0.0770. The molecule has 7 nitrogen and oxygen atoms in total. The van der Waals surface area contributed by atoms with Crippen molar-refractivity contribution in [1.82, 2.24) is 10.3 Å². The number of nitrogens with zero attached hydrogens (tertiary/aromatic N) is 1. The normalized spacial score (nSPS) is 10.9. The Morgan fingerprint density at radius 1 is 0.972 bits per heavy atom. The molecule has 0 aliphatic rings. The number of amides is 1. The Morgan fingerprint density at radius 2 is 1.78 bits per heavy atom. The van der Waals surface area contributed by atoms with Crippen LogP contribution in [0.1, 0.15) is 10.6 Å². The van der Waals surface area contributed by atoms with Crippen LogP contribution < -0.4 is 15.4 Å². The third-order valence-electron chi connectivity index (χ3n) is 5.24. The Hall–Kier alpha value is -3.85. The highest BCUT2D eigenvalue weighted by atomic mass is 35.5. The number of halogens is 2. The van der Waals surface area contributed by atoms with Gasteiger partial charge in [-0.1, -0.05) is 23.2 Å². The molecule has 2 N–H and O–H groups in total. The predicted molar refractivity (Wildman–Crippen MR) is 144 cm³/mol. The van der Waals surface area contributed by atoms with Crippen LogP contribution in [-0.2, 0) is 0 Å². The summed E-state index contributed by atoms with van der Waals surface area (Å²) in [5.74, 6) is 1.17. The predicted octanol–water partition coefficient (Wildman–Crippen LogP) is 7.20. The molecule has 0 aliphatic heterocycles. The zero-order valence-corrected chi connectivity index (χ0v) is 21.0. The molecule has 10 heteroatoms. The number of benzene rings is 3. The van der Waals surface area contributed by atoms with Crippen LogP contribution in [0.3, 0.4) is 0 Å². The molecule has 36 heavy (non-hydrogen) atoms.